The molecule has 3 nitrogen and oxygen atoms in total. The van der Waals surface area contributed by atoms with E-state index in [-0.39, 0.29) is 12.4 Å². The molecule has 0 amide bonds. The van der Waals surface area contributed by atoms with Crippen LogP contribution in [0.15, 0.2) is 0 Å². The van der Waals surface area contributed by atoms with Gasteiger partial charge in [-0.15, -0.1) is 12.4 Å². The van der Waals surface area contributed by atoms with Crippen LogP contribution in [0.5, 0.6) is 0 Å². The Morgan fingerprint density at radius 1 is 1.46 bits per heavy atom. The van der Waals surface area contributed by atoms with Crippen LogP contribution < -0.4 is 10.6 Å². The van der Waals surface area contributed by atoms with Gasteiger partial charge in [-0.2, -0.15) is 0 Å². The summed E-state index contributed by atoms with van der Waals surface area (Å²) in [6, 6.07) is 0.546. The lowest BCUT2D eigenvalue weighted by molar-refractivity contribution is 0.0812. The zero-order valence-corrected chi connectivity index (χ0v) is 8.90. The second-order valence-electron chi connectivity index (χ2n) is 3.98. The van der Waals surface area contributed by atoms with E-state index in [1.54, 1.807) is 0 Å². The number of nitrogens with one attached hydrogen (secondary N) is 2. The maximum absolute atomic E-state index is 5.59. The summed E-state index contributed by atoms with van der Waals surface area (Å²) in [5.74, 6) is 0.827. The highest BCUT2D eigenvalue weighted by atomic mass is 35.5. The number of hydrogen-bond acceptors (Lipinski definition) is 3. The van der Waals surface area contributed by atoms with Crippen molar-refractivity contribution >= 4 is 12.4 Å². The first-order chi connectivity index (χ1) is 5.84. The molecular formula is C9H19ClN2O. The maximum Gasteiger partial charge on any atom is 0.108 e. The molecule has 0 saturated carbocycles. The lowest BCUT2D eigenvalue weighted by Crippen LogP contribution is -2.30. The number of hydrogen-bond donors (Lipinski definition) is 2. The quantitative estimate of drug-likeness (QED) is 0.700. The summed E-state index contributed by atoms with van der Waals surface area (Å²) < 4.78 is 5.59. The molecule has 2 heterocycles. The van der Waals surface area contributed by atoms with Gasteiger partial charge in [0.25, 0.3) is 0 Å². The van der Waals surface area contributed by atoms with E-state index < -0.39 is 0 Å². The normalized spacial score (nSPS) is 39.0. The molecule has 0 bridgehead atoms. The molecule has 2 saturated heterocycles. The minimum atomic E-state index is 0. The molecule has 0 radical (unpaired) electrons. The van der Waals surface area contributed by atoms with E-state index in [9.17, 15) is 0 Å². The van der Waals surface area contributed by atoms with Crippen molar-refractivity contribution in [3.63, 3.8) is 0 Å². The van der Waals surface area contributed by atoms with E-state index in [0.29, 0.717) is 12.3 Å². The topological polar surface area (TPSA) is 33.3 Å². The van der Waals surface area contributed by atoms with Crippen molar-refractivity contribution in [3.8, 4) is 0 Å². The van der Waals surface area contributed by atoms with Crippen LogP contribution in [0.25, 0.3) is 0 Å². The Balaban J connectivity index is 0.000000845. The van der Waals surface area contributed by atoms with Gasteiger partial charge in [-0.25, -0.2) is 0 Å². The van der Waals surface area contributed by atoms with Crippen LogP contribution in [0.1, 0.15) is 19.8 Å². The molecule has 0 aromatic heterocycles. The Bertz CT molecular complexity index is 151. The van der Waals surface area contributed by atoms with Gasteiger partial charge in [0.2, 0.25) is 0 Å². The van der Waals surface area contributed by atoms with Crippen LogP contribution in [0.2, 0.25) is 0 Å². The Hall–Kier alpha value is 0.170. The van der Waals surface area contributed by atoms with E-state index in [4.69, 9.17) is 4.74 Å². The monoisotopic (exact) mass is 206 g/mol. The average molecular weight is 207 g/mol. The first-order valence-electron chi connectivity index (χ1n) is 4.93. The second-order valence-corrected chi connectivity index (χ2v) is 3.98. The molecule has 0 aromatic rings. The smallest absolute Gasteiger partial charge is 0.108 e. The van der Waals surface area contributed by atoms with Crippen molar-refractivity contribution < 1.29 is 4.74 Å². The van der Waals surface area contributed by atoms with Gasteiger partial charge >= 0.3 is 0 Å². The van der Waals surface area contributed by atoms with Gasteiger partial charge in [-0.1, -0.05) is 0 Å². The largest absolute Gasteiger partial charge is 0.362 e. The molecule has 2 fully saturated rings. The predicted molar refractivity (Wildman–Crippen MR) is 55.2 cm³/mol. The van der Waals surface area contributed by atoms with Crippen LogP contribution in [0, 0.1) is 5.92 Å². The molecule has 0 spiro atoms. The fraction of sp³-hybridized carbons (Fsp3) is 1.00. The minimum Gasteiger partial charge on any atom is -0.362 e. The summed E-state index contributed by atoms with van der Waals surface area (Å²) in [6.07, 6.45) is 2.82. The van der Waals surface area contributed by atoms with Crippen LogP contribution in [-0.2, 0) is 4.74 Å². The van der Waals surface area contributed by atoms with E-state index >= 15 is 0 Å². The molecule has 2 rings (SSSR count). The van der Waals surface area contributed by atoms with Gasteiger partial charge < -0.3 is 10.1 Å². The highest BCUT2D eigenvalue weighted by molar-refractivity contribution is 5.85. The highest BCUT2D eigenvalue weighted by Crippen LogP contribution is 2.17. The summed E-state index contributed by atoms with van der Waals surface area (Å²) in [6.45, 7) is 5.42. The van der Waals surface area contributed by atoms with E-state index in [1.165, 1.54) is 25.9 Å². The second kappa shape index (κ2) is 5.15. The lowest BCUT2D eigenvalue weighted by atomic mass is 10.0. The van der Waals surface area contributed by atoms with Crippen molar-refractivity contribution in [2.24, 2.45) is 5.92 Å². The zero-order valence-electron chi connectivity index (χ0n) is 8.08. The van der Waals surface area contributed by atoms with Gasteiger partial charge in [-0.05, 0) is 38.8 Å². The Labute approximate surface area is 86.0 Å². The predicted octanol–water partition coefficient (Wildman–Crippen LogP) is 0.742. The highest BCUT2D eigenvalue weighted by Gasteiger charge is 2.25. The van der Waals surface area contributed by atoms with Crippen LogP contribution in [0.3, 0.4) is 0 Å². The van der Waals surface area contributed by atoms with Gasteiger partial charge in [0, 0.05) is 6.04 Å². The lowest BCUT2D eigenvalue weighted by Gasteiger charge is -2.14. The van der Waals surface area contributed by atoms with Crippen molar-refractivity contribution in [1.29, 1.82) is 0 Å². The SMILES string of the molecule is CC1COC(CC2CCNC2)N1.Cl. The minimum absolute atomic E-state index is 0. The average Bonchev–Trinajstić information content (AvgIpc) is 2.63. The third kappa shape index (κ3) is 3.09. The standard InChI is InChI=1S/C9H18N2O.ClH/c1-7-6-12-9(11-7)4-8-2-3-10-5-8;/h7-11H,2-6H2,1H3;1H. The molecule has 0 aromatic carbocycles. The molecule has 3 unspecified atom stereocenters. The van der Waals surface area contributed by atoms with Gasteiger partial charge in [0.1, 0.15) is 6.23 Å². The van der Waals surface area contributed by atoms with E-state index in [0.717, 1.165) is 12.5 Å². The zero-order chi connectivity index (χ0) is 8.39. The van der Waals surface area contributed by atoms with Crippen LogP contribution >= 0.6 is 12.4 Å². The molecule has 0 aliphatic carbocycles. The molecule has 3 atom stereocenters. The number of halogens is 1. The summed E-state index contributed by atoms with van der Waals surface area (Å²) >= 11 is 0. The van der Waals surface area contributed by atoms with Crippen molar-refractivity contribution in [3.05, 3.63) is 0 Å². The Morgan fingerprint density at radius 2 is 2.31 bits per heavy atom. The van der Waals surface area contributed by atoms with Gasteiger partial charge in [0.05, 0.1) is 6.61 Å². The molecule has 2 N–H and O–H groups in total. The molecule has 78 valence electrons. The van der Waals surface area contributed by atoms with E-state index in [2.05, 4.69) is 17.6 Å². The summed E-state index contributed by atoms with van der Waals surface area (Å²) in [5, 5.41) is 6.80. The van der Waals surface area contributed by atoms with E-state index in [1.807, 2.05) is 0 Å². The third-order valence-electron chi connectivity index (χ3n) is 2.73. The van der Waals surface area contributed by atoms with Crippen LogP contribution in [-0.4, -0.2) is 32.0 Å². The Morgan fingerprint density at radius 3 is 2.85 bits per heavy atom. The molecule has 2 aliphatic rings. The number of ether oxygens (including phenoxy) is 1. The molecular weight excluding hydrogens is 188 g/mol. The van der Waals surface area contributed by atoms with Crippen molar-refractivity contribution in [2.45, 2.75) is 32.0 Å². The van der Waals surface area contributed by atoms with Crippen molar-refractivity contribution in [1.82, 2.24) is 10.6 Å². The first kappa shape index (κ1) is 11.2. The summed E-state index contributed by atoms with van der Waals surface area (Å²) in [4.78, 5) is 0. The molecule has 4 heteroatoms. The molecule has 2 aliphatic heterocycles. The summed E-state index contributed by atoms with van der Waals surface area (Å²) in [7, 11) is 0. The molecule has 13 heavy (non-hydrogen) atoms. The number of rotatable bonds is 2. The van der Waals surface area contributed by atoms with Crippen molar-refractivity contribution in [2.75, 3.05) is 19.7 Å². The first-order valence-corrected chi connectivity index (χ1v) is 4.93. The maximum atomic E-state index is 5.59. The Kier molecular flexibility index (Phi) is 4.46. The van der Waals surface area contributed by atoms with Crippen LogP contribution in [0.4, 0.5) is 0 Å². The van der Waals surface area contributed by atoms with Gasteiger partial charge in [-0.3, -0.25) is 5.32 Å². The summed E-state index contributed by atoms with van der Waals surface area (Å²) in [5.41, 5.74) is 0. The fourth-order valence-corrected chi connectivity index (χ4v) is 2.03. The van der Waals surface area contributed by atoms with Gasteiger partial charge in [0.15, 0.2) is 0 Å². The fourth-order valence-electron chi connectivity index (χ4n) is 2.03. The third-order valence-corrected chi connectivity index (χ3v) is 2.73.